The summed E-state index contributed by atoms with van der Waals surface area (Å²) in [7, 11) is 1.75. The summed E-state index contributed by atoms with van der Waals surface area (Å²) in [6, 6.07) is 12.2. The van der Waals surface area contributed by atoms with Gasteiger partial charge in [0.1, 0.15) is 5.60 Å². The first-order valence-corrected chi connectivity index (χ1v) is 7.67. The quantitative estimate of drug-likeness (QED) is 0.765. The second-order valence-corrected chi connectivity index (χ2v) is 6.94. The minimum absolute atomic E-state index is 0.311. The maximum absolute atomic E-state index is 12.1. The molecule has 0 aromatic heterocycles. The predicted octanol–water partition coefficient (Wildman–Crippen LogP) is 4.97. The maximum atomic E-state index is 12.1. The summed E-state index contributed by atoms with van der Waals surface area (Å²) in [6.07, 6.45) is -0.311. The van der Waals surface area contributed by atoms with Crippen LogP contribution in [0.1, 0.15) is 26.3 Å². The van der Waals surface area contributed by atoms with Gasteiger partial charge < -0.3 is 9.64 Å². The van der Waals surface area contributed by atoms with E-state index in [1.165, 1.54) is 0 Å². The molecule has 0 heterocycles. The van der Waals surface area contributed by atoms with E-state index in [9.17, 15) is 4.79 Å². The third kappa shape index (κ3) is 3.97. The summed E-state index contributed by atoms with van der Waals surface area (Å²) in [4.78, 5) is 13.7. The molecule has 4 heteroatoms. The number of hydrogen-bond donors (Lipinski definition) is 0. The lowest BCUT2D eigenvalue weighted by Crippen LogP contribution is -2.33. The summed E-state index contributed by atoms with van der Waals surface area (Å²) < 4.78 is 6.44. The summed E-state index contributed by atoms with van der Waals surface area (Å²) >= 11 is 3.56. The fourth-order valence-electron chi connectivity index (χ4n) is 2.12. The van der Waals surface area contributed by atoms with Gasteiger partial charge in [-0.25, -0.2) is 4.79 Å². The van der Waals surface area contributed by atoms with Crippen molar-refractivity contribution in [2.75, 3.05) is 7.05 Å². The molecule has 21 heavy (non-hydrogen) atoms. The molecule has 0 fully saturated rings. The molecular weight excluding hydrogens is 330 g/mol. The number of carbonyl (C=O) groups excluding carboxylic acids is 1. The normalized spacial score (nSPS) is 11.5. The Bertz CT molecular complexity index is 661. The van der Waals surface area contributed by atoms with Crippen molar-refractivity contribution in [1.82, 2.24) is 4.90 Å². The van der Waals surface area contributed by atoms with Gasteiger partial charge in [0.2, 0.25) is 0 Å². The van der Waals surface area contributed by atoms with E-state index in [0.717, 1.165) is 20.8 Å². The Labute approximate surface area is 134 Å². The van der Waals surface area contributed by atoms with Crippen LogP contribution in [0.3, 0.4) is 0 Å². The molecule has 0 atom stereocenters. The second-order valence-electron chi connectivity index (χ2n) is 6.09. The Morgan fingerprint density at radius 1 is 1.14 bits per heavy atom. The number of fused-ring (bicyclic) bond motifs is 1. The summed E-state index contributed by atoms with van der Waals surface area (Å²) in [5.41, 5.74) is 0.620. The van der Waals surface area contributed by atoms with Gasteiger partial charge in [-0.1, -0.05) is 46.3 Å². The van der Waals surface area contributed by atoms with Gasteiger partial charge >= 0.3 is 6.09 Å². The van der Waals surface area contributed by atoms with Gasteiger partial charge in [0.25, 0.3) is 0 Å². The molecule has 1 amide bonds. The molecule has 0 radical (unpaired) electrons. The molecular formula is C17H20BrNO2. The van der Waals surface area contributed by atoms with Crippen LogP contribution in [-0.2, 0) is 11.3 Å². The predicted molar refractivity (Wildman–Crippen MR) is 89.3 cm³/mol. The van der Waals surface area contributed by atoms with Gasteiger partial charge in [0.15, 0.2) is 0 Å². The van der Waals surface area contributed by atoms with Gasteiger partial charge in [-0.3, -0.25) is 0 Å². The summed E-state index contributed by atoms with van der Waals surface area (Å²) in [5.74, 6) is 0. The number of halogens is 1. The third-order valence-corrected chi connectivity index (χ3v) is 3.77. The van der Waals surface area contributed by atoms with Crippen LogP contribution in [0.15, 0.2) is 40.9 Å². The van der Waals surface area contributed by atoms with E-state index in [1.807, 2.05) is 45.0 Å². The monoisotopic (exact) mass is 349 g/mol. The third-order valence-electron chi connectivity index (χ3n) is 3.07. The van der Waals surface area contributed by atoms with Crippen LogP contribution in [0.5, 0.6) is 0 Å². The zero-order chi connectivity index (χ0) is 15.6. The molecule has 0 aliphatic carbocycles. The standard InChI is InChI=1S/C17H20BrNO2/c1-17(2,3)21-16(20)19(4)11-12-9-10-15(18)14-8-6-5-7-13(12)14/h5-10H,11H2,1-4H3. The highest BCUT2D eigenvalue weighted by Gasteiger charge is 2.20. The molecule has 0 spiro atoms. The van der Waals surface area contributed by atoms with E-state index in [-0.39, 0.29) is 6.09 Å². The zero-order valence-corrected chi connectivity index (χ0v) is 14.4. The molecule has 2 rings (SSSR count). The van der Waals surface area contributed by atoms with Crippen LogP contribution in [0.2, 0.25) is 0 Å². The smallest absolute Gasteiger partial charge is 0.410 e. The number of carbonyl (C=O) groups is 1. The van der Waals surface area contributed by atoms with Crippen molar-refractivity contribution >= 4 is 32.8 Å². The first-order chi connectivity index (χ1) is 9.78. The van der Waals surface area contributed by atoms with Crippen LogP contribution >= 0.6 is 15.9 Å². The van der Waals surface area contributed by atoms with Crippen molar-refractivity contribution in [1.29, 1.82) is 0 Å². The minimum Gasteiger partial charge on any atom is -0.444 e. The number of amides is 1. The van der Waals surface area contributed by atoms with Gasteiger partial charge in [0.05, 0.1) is 0 Å². The van der Waals surface area contributed by atoms with Crippen LogP contribution in [0.4, 0.5) is 4.79 Å². The Balaban J connectivity index is 2.24. The molecule has 0 bridgehead atoms. The Kier molecular flexibility index (Phi) is 4.57. The average Bonchev–Trinajstić information content (AvgIpc) is 2.40. The van der Waals surface area contributed by atoms with Gasteiger partial charge in [-0.05, 0) is 43.2 Å². The number of hydrogen-bond acceptors (Lipinski definition) is 2. The second kappa shape index (κ2) is 6.06. The fraction of sp³-hybridized carbons (Fsp3) is 0.353. The van der Waals surface area contributed by atoms with E-state index < -0.39 is 5.60 Å². The van der Waals surface area contributed by atoms with E-state index in [0.29, 0.717) is 6.54 Å². The molecule has 0 aliphatic heterocycles. The van der Waals surface area contributed by atoms with E-state index >= 15 is 0 Å². The minimum atomic E-state index is -0.479. The van der Waals surface area contributed by atoms with Gasteiger partial charge in [-0.2, -0.15) is 0 Å². The number of rotatable bonds is 2. The zero-order valence-electron chi connectivity index (χ0n) is 12.8. The van der Waals surface area contributed by atoms with Crippen LogP contribution in [0, 0.1) is 0 Å². The lowest BCUT2D eigenvalue weighted by atomic mass is 10.0. The maximum Gasteiger partial charge on any atom is 0.410 e. The van der Waals surface area contributed by atoms with Gasteiger partial charge in [0, 0.05) is 18.1 Å². The molecule has 112 valence electrons. The highest BCUT2D eigenvalue weighted by Crippen LogP contribution is 2.27. The van der Waals surface area contributed by atoms with E-state index in [1.54, 1.807) is 11.9 Å². The molecule has 0 aliphatic rings. The lowest BCUT2D eigenvalue weighted by molar-refractivity contribution is 0.0286. The van der Waals surface area contributed by atoms with Crippen molar-refractivity contribution < 1.29 is 9.53 Å². The number of nitrogens with zero attached hydrogens (tertiary/aromatic N) is 1. The van der Waals surface area contributed by atoms with Crippen LogP contribution < -0.4 is 0 Å². The van der Waals surface area contributed by atoms with Crippen molar-refractivity contribution in [3.63, 3.8) is 0 Å². The first-order valence-electron chi connectivity index (χ1n) is 6.88. The molecule has 0 saturated carbocycles. The van der Waals surface area contributed by atoms with Crippen molar-refractivity contribution in [2.45, 2.75) is 32.9 Å². The Morgan fingerprint density at radius 3 is 2.38 bits per heavy atom. The molecule has 0 saturated heterocycles. The number of ether oxygens (including phenoxy) is 1. The number of benzene rings is 2. The van der Waals surface area contributed by atoms with Crippen LogP contribution in [-0.4, -0.2) is 23.6 Å². The van der Waals surface area contributed by atoms with Crippen molar-refractivity contribution in [2.24, 2.45) is 0 Å². The van der Waals surface area contributed by atoms with Gasteiger partial charge in [-0.15, -0.1) is 0 Å². The SMILES string of the molecule is CN(Cc1ccc(Br)c2ccccc12)C(=O)OC(C)(C)C. The average molecular weight is 350 g/mol. The molecule has 2 aromatic carbocycles. The molecule has 0 unspecified atom stereocenters. The van der Waals surface area contributed by atoms with E-state index in [2.05, 4.69) is 28.1 Å². The van der Waals surface area contributed by atoms with E-state index in [4.69, 9.17) is 4.74 Å². The first kappa shape index (κ1) is 15.8. The Morgan fingerprint density at radius 2 is 1.76 bits per heavy atom. The largest absolute Gasteiger partial charge is 0.444 e. The molecule has 2 aromatic rings. The van der Waals surface area contributed by atoms with Crippen LogP contribution in [0.25, 0.3) is 10.8 Å². The van der Waals surface area contributed by atoms with Crippen molar-refractivity contribution in [3.8, 4) is 0 Å². The fourth-order valence-corrected chi connectivity index (χ4v) is 2.60. The molecule has 3 nitrogen and oxygen atoms in total. The summed E-state index contributed by atoms with van der Waals surface area (Å²) in [6.45, 7) is 6.12. The highest BCUT2D eigenvalue weighted by molar-refractivity contribution is 9.10. The highest BCUT2D eigenvalue weighted by atomic mass is 79.9. The topological polar surface area (TPSA) is 29.5 Å². The summed E-state index contributed by atoms with van der Waals surface area (Å²) in [5, 5.41) is 2.29. The Hall–Kier alpha value is -1.55. The lowest BCUT2D eigenvalue weighted by Gasteiger charge is -2.25. The molecule has 0 N–H and O–H groups in total. The van der Waals surface area contributed by atoms with Crippen molar-refractivity contribution in [3.05, 3.63) is 46.4 Å².